The molecule has 0 aromatic rings. The van der Waals surface area contributed by atoms with E-state index in [4.69, 9.17) is 0 Å². The largest absolute Gasteiger partial charge is 0.513 e. The molecule has 1 aliphatic rings. The summed E-state index contributed by atoms with van der Waals surface area (Å²) in [6.07, 6.45) is 6.88. The zero-order valence-electron chi connectivity index (χ0n) is 11.5. The third-order valence-corrected chi connectivity index (χ3v) is 3.87. The van der Waals surface area contributed by atoms with Crippen LogP contribution in [0, 0.1) is 10.8 Å². The minimum atomic E-state index is -0.277. The van der Waals surface area contributed by atoms with Crippen LogP contribution in [0.5, 0.6) is 0 Å². The van der Waals surface area contributed by atoms with E-state index in [2.05, 4.69) is 6.58 Å². The summed E-state index contributed by atoms with van der Waals surface area (Å²) < 4.78 is 0. The molecule has 0 spiro atoms. The maximum atomic E-state index is 12.2. The average Bonchev–Trinajstić information content (AvgIpc) is 2.15. The van der Waals surface area contributed by atoms with Crippen molar-refractivity contribution >= 4 is 5.78 Å². The second-order valence-corrected chi connectivity index (χ2v) is 6.65. The van der Waals surface area contributed by atoms with Crippen LogP contribution in [0.1, 0.15) is 65.7 Å². The smallest absolute Gasteiger partial charge is 0.138 e. The summed E-state index contributed by atoms with van der Waals surface area (Å²) in [7, 11) is 0. The lowest BCUT2D eigenvalue weighted by molar-refractivity contribution is -0.129. The molecule has 0 amide bonds. The van der Waals surface area contributed by atoms with Crippen LogP contribution in [-0.4, -0.2) is 10.9 Å². The summed E-state index contributed by atoms with van der Waals surface area (Å²) in [5.74, 6) is 0.536. The van der Waals surface area contributed by atoms with Crippen molar-refractivity contribution in [1.82, 2.24) is 0 Å². The molecule has 1 N–H and O–H groups in total. The van der Waals surface area contributed by atoms with Gasteiger partial charge in [-0.3, -0.25) is 4.79 Å². The number of aliphatic hydroxyl groups is 1. The van der Waals surface area contributed by atoms with E-state index in [1.165, 1.54) is 19.3 Å². The first kappa shape index (κ1) is 14.3. The van der Waals surface area contributed by atoms with E-state index in [-0.39, 0.29) is 16.6 Å². The highest BCUT2D eigenvalue weighted by Gasteiger charge is 2.37. The van der Waals surface area contributed by atoms with Crippen LogP contribution < -0.4 is 0 Å². The monoisotopic (exact) mass is 238 g/mol. The fourth-order valence-electron chi connectivity index (χ4n) is 2.76. The molecule has 0 aromatic heterocycles. The van der Waals surface area contributed by atoms with E-state index in [9.17, 15) is 9.90 Å². The van der Waals surface area contributed by atoms with Crippen LogP contribution >= 0.6 is 0 Å². The number of ketones is 1. The molecule has 1 rings (SSSR count). The van der Waals surface area contributed by atoms with E-state index in [0.29, 0.717) is 18.6 Å². The van der Waals surface area contributed by atoms with E-state index < -0.39 is 0 Å². The second kappa shape index (κ2) is 5.24. The Balaban J connectivity index is 2.76. The quantitative estimate of drug-likeness (QED) is 0.737. The summed E-state index contributed by atoms with van der Waals surface area (Å²) in [4.78, 5) is 12.2. The summed E-state index contributed by atoms with van der Waals surface area (Å²) in [5, 5.41) is 9.48. The van der Waals surface area contributed by atoms with Crippen LogP contribution in [0.25, 0.3) is 0 Å². The molecular weight excluding hydrogens is 212 g/mol. The minimum absolute atomic E-state index is 0.0194. The number of allylic oxidation sites excluding steroid dienone is 1. The normalized spacial score (nSPS) is 19.9. The highest BCUT2D eigenvalue weighted by atomic mass is 16.3. The van der Waals surface area contributed by atoms with Gasteiger partial charge >= 0.3 is 0 Å². The van der Waals surface area contributed by atoms with Crippen LogP contribution in [-0.2, 0) is 4.79 Å². The SMILES string of the molecule is C=C(O)CC1(CC(=O)C(C)(C)C)CCCCC1. The number of rotatable bonds is 4. The van der Waals surface area contributed by atoms with Gasteiger partial charge in [-0.25, -0.2) is 0 Å². The highest BCUT2D eigenvalue weighted by Crippen LogP contribution is 2.45. The molecule has 0 saturated heterocycles. The Morgan fingerprint density at radius 1 is 1.18 bits per heavy atom. The molecule has 17 heavy (non-hydrogen) atoms. The zero-order valence-corrected chi connectivity index (χ0v) is 11.5. The molecule has 0 unspecified atom stereocenters. The van der Waals surface area contributed by atoms with Gasteiger partial charge in [-0.2, -0.15) is 0 Å². The maximum Gasteiger partial charge on any atom is 0.138 e. The molecule has 0 aliphatic heterocycles. The Hall–Kier alpha value is -0.790. The zero-order chi connectivity index (χ0) is 13.1. The van der Waals surface area contributed by atoms with Crippen molar-refractivity contribution in [1.29, 1.82) is 0 Å². The molecule has 2 nitrogen and oxygen atoms in total. The predicted molar refractivity (Wildman–Crippen MR) is 71.0 cm³/mol. The van der Waals surface area contributed by atoms with Gasteiger partial charge in [0.15, 0.2) is 0 Å². The first-order valence-corrected chi connectivity index (χ1v) is 6.65. The number of carbonyl (C=O) groups is 1. The van der Waals surface area contributed by atoms with Crippen molar-refractivity contribution in [2.24, 2.45) is 10.8 Å². The van der Waals surface area contributed by atoms with Gasteiger partial charge in [-0.15, -0.1) is 0 Å². The molecule has 2 heteroatoms. The number of Topliss-reactive ketones (excluding diaryl/α,β-unsaturated/α-hetero) is 1. The molecule has 1 aliphatic carbocycles. The van der Waals surface area contributed by atoms with E-state index >= 15 is 0 Å². The maximum absolute atomic E-state index is 12.2. The molecule has 1 saturated carbocycles. The Morgan fingerprint density at radius 2 is 1.71 bits per heavy atom. The van der Waals surface area contributed by atoms with E-state index in [1.54, 1.807) is 0 Å². The summed E-state index contributed by atoms with van der Waals surface area (Å²) >= 11 is 0. The number of aliphatic hydroxyl groups excluding tert-OH is 1. The Morgan fingerprint density at radius 3 is 2.12 bits per heavy atom. The summed E-state index contributed by atoms with van der Waals surface area (Å²) in [6.45, 7) is 9.52. The Labute approximate surface area is 105 Å². The van der Waals surface area contributed by atoms with Crippen molar-refractivity contribution in [2.45, 2.75) is 65.7 Å². The third kappa shape index (κ3) is 4.18. The van der Waals surface area contributed by atoms with Gasteiger partial charge in [-0.1, -0.05) is 46.6 Å². The van der Waals surface area contributed by atoms with Gasteiger partial charge in [0.05, 0.1) is 5.76 Å². The lowest BCUT2D eigenvalue weighted by Gasteiger charge is -2.38. The standard InChI is InChI=1S/C15H26O2/c1-12(16)10-15(8-6-5-7-9-15)11-13(17)14(2,3)4/h16H,1,5-11H2,2-4H3. The highest BCUT2D eigenvalue weighted by molar-refractivity contribution is 5.84. The molecule has 0 radical (unpaired) electrons. The van der Waals surface area contributed by atoms with Gasteiger partial charge in [0.25, 0.3) is 0 Å². The topological polar surface area (TPSA) is 37.3 Å². The van der Waals surface area contributed by atoms with Crippen molar-refractivity contribution in [3.63, 3.8) is 0 Å². The summed E-state index contributed by atoms with van der Waals surface area (Å²) in [6, 6.07) is 0. The van der Waals surface area contributed by atoms with E-state index in [1.807, 2.05) is 20.8 Å². The summed E-state index contributed by atoms with van der Waals surface area (Å²) in [5.41, 5.74) is -0.296. The minimum Gasteiger partial charge on any atom is -0.513 e. The van der Waals surface area contributed by atoms with Gasteiger partial charge < -0.3 is 5.11 Å². The lowest BCUT2D eigenvalue weighted by atomic mass is 9.66. The van der Waals surface area contributed by atoms with Crippen LogP contribution in [0.4, 0.5) is 0 Å². The number of carbonyl (C=O) groups excluding carboxylic acids is 1. The fourth-order valence-corrected chi connectivity index (χ4v) is 2.76. The molecular formula is C15H26O2. The fraction of sp³-hybridized carbons (Fsp3) is 0.800. The molecule has 0 heterocycles. The molecule has 0 bridgehead atoms. The lowest BCUT2D eigenvalue weighted by Crippen LogP contribution is -2.32. The van der Waals surface area contributed by atoms with Crippen LogP contribution in [0.2, 0.25) is 0 Å². The van der Waals surface area contributed by atoms with Gasteiger partial charge in [0.1, 0.15) is 5.78 Å². The van der Waals surface area contributed by atoms with Crippen LogP contribution in [0.15, 0.2) is 12.3 Å². The molecule has 1 fully saturated rings. The van der Waals surface area contributed by atoms with Crippen molar-refractivity contribution < 1.29 is 9.90 Å². The Kier molecular flexibility index (Phi) is 4.40. The molecule has 98 valence electrons. The average molecular weight is 238 g/mol. The number of hydrogen-bond donors (Lipinski definition) is 1. The molecule has 0 atom stereocenters. The van der Waals surface area contributed by atoms with Gasteiger partial charge in [0, 0.05) is 18.3 Å². The first-order valence-electron chi connectivity index (χ1n) is 6.65. The second-order valence-electron chi connectivity index (χ2n) is 6.65. The number of hydrogen-bond acceptors (Lipinski definition) is 2. The molecule has 0 aromatic carbocycles. The van der Waals surface area contributed by atoms with Crippen molar-refractivity contribution in [3.05, 3.63) is 12.3 Å². The Bertz CT molecular complexity index is 291. The first-order chi connectivity index (χ1) is 7.75. The van der Waals surface area contributed by atoms with E-state index in [0.717, 1.165) is 12.8 Å². The van der Waals surface area contributed by atoms with Crippen LogP contribution in [0.3, 0.4) is 0 Å². The van der Waals surface area contributed by atoms with Gasteiger partial charge in [0.2, 0.25) is 0 Å². The van der Waals surface area contributed by atoms with Gasteiger partial charge in [-0.05, 0) is 18.3 Å². The third-order valence-electron chi connectivity index (χ3n) is 3.87. The van der Waals surface area contributed by atoms with Crippen molar-refractivity contribution in [3.8, 4) is 0 Å². The van der Waals surface area contributed by atoms with Crippen molar-refractivity contribution in [2.75, 3.05) is 0 Å². The predicted octanol–water partition coefficient (Wildman–Crippen LogP) is 4.40.